The van der Waals surface area contributed by atoms with Crippen molar-refractivity contribution >= 4 is 34.4 Å². The number of aliphatic carboxylic acids is 1. The third kappa shape index (κ3) is 4.98. The number of ether oxygens (including phenoxy) is 2. The molecular formula is C25H23ClN4O4. The number of carboxylic acids is 1. The highest BCUT2D eigenvalue weighted by Gasteiger charge is 2.15. The van der Waals surface area contributed by atoms with Crippen molar-refractivity contribution in [2.45, 2.75) is 12.8 Å². The van der Waals surface area contributed by atoms with Gasteiger partial charge in [0.15, 0.2) is 5.65 Å². The summed E-state index contributed by atoms with van der Waals surface area (Å²) in [4.78, 5) is 25.2. The predicted molar refractivity (Wildman–Crippen MR) is 130 cm³/mol. The number of nitrogens with zero attached hydrogens (tertiary/aromatic N) is 3. The number of H-pyrrole nitrogens is 1. The fourth-order valence-electron chi connectivity index (χ4n) is 3.89. The number of hydrogen-bond donors (Lipinski definition) is 2. The number of carbonyl (C=O) groups is 1. The summed E-state index contributed by atoms with van der Waals surface area (Å²) in [5.74, 6) is -0.232. The van der Waals surface area contributed by atoms with Crippen LogP contribution in [0.25, 0.3) is 22.4 Å². The summed E-state index contributed by atoms with van der Waals surface area (Å²) in [5, 5.41) is 9.33. The van der Waals surface area contributed by atoms with Gasteiger partial charge in [0.1, 0.15) is 5.75 Å². The zero-order valence-corrected chi connectivity index (χ0v) is 19.1. The molecule has 0 radical (unpaired) electrons. The van der Waals surface area contributed by atoms with E-state index in [1.54, 1.807) is 18.2 Å². The molecule has 1 fully saturated rings. The normalized spacial score (nSPS) is 13.9. The van der Waals surface area contributed by atoms with Crippen LogP contribution in [-0.4, -0.2) is 52.3 Å². The number of rotatable bonds is 7. The lowest BCUT2D eigenvalue weighted by Gasteiger charge is -2.28. The van der Waals surface area contributed by atoms with E-state index in [9.17, 15) is 4.79 Å². The molecule has 4 aromatic rings. The molecular weight excluding hydrogens is 456 g/mol. The Morgan fingerprint density at radius 1 is 1.09 bits per heavy atom. The molecule has 0 unspecified atom stereocenters. The van der Waals surface area contributed by atoms with Crippen LogP contribution in [0.3, 0.4) is 0 Å². The van der Waals surface area contributed by atoms with Crippen LogP contribution in [0.2, 0.25) is 5.02 Å². The van der Waals surface area contributed by atoms with Crippen LogP contribution in [0.15, 0.2) is 54.6 Å². The molecule has 0 aliphatic carbocycles. The van der Waals surface area contributed by atoms with Crippen molar-refractivity contribution in [2.75, 3.05) is 31.2 Å². The van der Waals surface area contributed by atoms with Crippen molar-refractivity contribution in [1.82, 2.24) is 15.0 Å². The third-order valence-corrected chi connectivity index (χ3v) is 5.98. The van der Waals surface area contributed by atoms with Gasteiger partial charge in [-0.25, -0.2) is 4.98 Å². The second-order valence-electron chi connectivity index (χ2n) is 8.02. The molecule has 5 rings (SSSR count). The predicted octanol–water partition coefficient (Wildman–Crippen LogP) is 4.92. The fraction of sp³-hybridized carbons (Fsp3) is 0.240. The summed E-state index contributed by atoms with van der Waals surface area (Å²) in [6.07, 6.45) is 0.563. The summed E-state index contributed by atoms with van der Waals surface area (Å²) in [5.41, 5.74) is 4.82. The maximum Gasteiger partial charge on any atom is 0.303 e. The molecule has 2 N–H and O–H groups in total. The SMILES string of the molecule is O=C(O)CCc1ccc(Oc2nc3nc(-c4ccc(N5CCOCC5)cc4)c(Cl)cc3[nH]2)cc1. The maximum atomic E-state index is 10.7. The molecule has 34 heavy (non-hydrogen) atoms. The molecule has 174 valence electrons. The number of pyridine rings is 1. The molecule has 0 atom stereocenters. The molecule has 0 spiro atoms. The highest BCUT2D eigenvalue weighted by atomic mass is 35.5. The minimum absolute atomic E-state index is 0.0917. The molecule has 0 saturated carbocycles. The number of aromatic amines is 1. The van der Waals surface area contributed by atoms with Crippen molar-refractivity contribution in [3.05, 3.63) is 65.2 Å². The van der Waals surface area contributed by atoms with Gasteiger partial charge < -0.3 is 24.5 Å². The van der Waals surface area contributed by atoms with Gasteiger partial charge in [0.25, 0.3) is 0 Å². The van der Waals surface area contributed by atoms with E-state index >= 15 is 0 Å². The van der Waals surface area contributed by atoms with Crippen LogP contribution in [0, 0.1) is 0 Å². The summed E-state index contributed by atoms with van der Waals surface area (Å²) in [7, 11) is 0. The van der Waals surface area contributed by atoms with Crippen molar-refractivity contribution in [1.29, 1.82) is 0 Å². The van der Waals surface area contributed by atoms with Crippen LogP contribution in [0.1, 0.15) is 12.0 Å². The van der Waals surface area contributed by atoms with E-state index in [-0.39, 0.29) is 6.42 Å². The molecule has 1 aliphatic rings. The van der Waals surface area contributed by atoms with Crippen LogP contribution in [-0.2, 0) is 16.0 Å². The number of hydrogen-bond acceptors (Lipinski definition) is 6. The number of imidazole rings is 1. The first-order valence-electron chi connectivity index (χ1n) is 11.0. The van der Waals surface area contributed by atoms with E-state index in [1.807, 2.05) is 24.3 Å². The zero-order chi connectivity index (χ0) is 23.5. The molecule has 2 aromatic heterocycles. The molecule has 1 saturated heterocycles. The van der Waals surface area contributed by atoms with E-state index in [0.29, 0.717) is 40.1 Å². The highest BCUT2D eigenvalue weighted by molar-refractivity contribution is 6.33. The topological polar surface area (TPSA) is 101 Å². The zero-order valence-electron chi connectivity index (χ0n) is 18.3. The van der Waals surface area contributed by atoms with E-state index < -0.39 is 5.97 Å². The first kappa shape index (κ1) is 22.2. The van der Waals surface area contributed by atoms with E-state index in [1.165, 1.54) is 0 Å². The molecule has 0 amide bonds. The van der Waals surface area contributed by atoms with Crippen LogP contribution >= 0.6 is 11.6 Å². The lowest BCUT2D eigenvalue weighted by atomic mass is 10.1. The molecule has 2 aromatic carbocycles. The number of fused-ring (bicyclic) bond motifs is 1. The van der Waals surface area contributed by atoms with Gasteiger partial charge >= 0.3 is 12.0 Å². The smallest absolute Gasteiger partial charge is 0.303 e. The Bertz CT molecular complexity index is 1300. The number of halogens is 1. The van der Waals surface area contributed by atoms with E-state index in [4.69, 9.17) is 26.2 Å². The quantitative estimate of drug-likeness (QED) is 0.388. The molecule has 3 heterocycles. The van der Waals surface area contributed by atoms with Gasteiger partial charge in [0.05, 0.1) is 29.4 Å². The molecule has 9 heteroatoms. The number of aromatic nitrogens is 3. The number of nitrogens with one attached hydrogen (secondary N) is 1. The fourth-order valence-corrected chi connectivity index (χ4v) is 4.15. The van der Waals surface area contributed by atoms with Gasteiger partial charge in [-0.2, -0.15) is 4.98 Å². The minimum atomic E-state index is -0.818. The minimum Gasteiger partial charge on any atom is -0.481 e. The number of anilines is 1. The van der Waals surface area contributed by atoms with Gasteiger partial charge in [-0.1, -0.05) is 35.9 Å². The van der Waals surface area contributed by atoms with E-state index in [2.05, 4.69) is 32.0 Å². The van der Waals surface area contributed by atoms with Gasteiger partial charge in [0, 0.05) is 30.8 Å². The number of benzene rings is 2. The lowest BCUT2D eigenvalue weighted by Crippen LogP contribution is -2.36. The lowest BCUT2D eigenvalue weighted by molar-refractivity contribution is -0.136. The van der Waals surface area contributed by atoms with Gasteiger partial charge in [-0.3, -0.25) is 4.79 Å². The van der Waals surface area contributed by atoms with Crippen molar-refractivity contribution in [3.63, 3.8) is 0 Å². The first-order chi connectivity index (χ1) is 16.5. The van der Waals surface area contributed by atoms with Crippen LogP contribution in [0.5, 0.6) is 11.8 Å². The third-order valence-electron chi connectivity index (χ3n) is 5.69. The van der Waals surface area contributed by atoms with Crippen molar-refractivity contribution in [2.24, 2.45) is 0 Å². The standard InChI is InChI=1S/C25H23ClN4O4/c26-20-15-21-24(28-23(20)17-4-6-18(7-5-17)30-11-13-33-14-12-30)29-25(27-21)34-19-8-1-16(2-9-19)3-10-22(31)32/h1-2,4-9,15H,3,10-14H2,(H,31,32)(H,27,28,29). The Morgan fingerprint density at radius 3 is 2.53 bits per heavy atom. The Labute approximate surface area is 201 Å². The molecule has 8 nitrogen and oxygen atoms in total. The Balaban J connectivity index is 1.33. The number of aryl methyl sites for hydroxylation is 1. The average Bonchev–Trinajstić information content (AvgIpc) is 3.24. The second kappa shape index (κ2) is 9.70. The Kier molecular flexibility index (Phi) is 6.33. The van der Waals surface area contributed by atoms with Crippen LogP contribution in [0.4, 0.5) is 5.69 Å². The Morgan fingerprint density at radius 2 is 1.82 bits per heavy atom. The van der Waals surface area contributed by atoms with E-state index in [0.717, 1.165) is 43.1 Å². The summed E-state index contributed by atoms with van der Waals surface area (Å²) >= 11 is 6.55. The van der Waals surface area contributed by atoms with Gasteiger partial charge in [-0.15, -0.1) is 0 Å². The summed E-state index contributed by atoms with van der Waals surface area (Å²) in [6.45, 7) is 3.24. The van der Waals surface area contributed by atoms with Crippen molar-refractivity contribution < 1.29 is 19.4 Å². The largest absolute Gasteiger partial charge is 0.481 e. The number of carboxylic acid groups (broad SMARTS) is 1. The summed E-state index contributed by atoms with van der Waals surface area (Å²) < 4.78 is 11.3. The summed E-state index contributed by atoms with van der Waals surface area (Å²) in [6, 6.07) is 17.5. The van der Waals surface area contributed by atoms with Crippen molar-refractivity contribution in [3.8, 4) is 23.0 Å². The van der Waals surface area contributed by atoms with Gasteiger partial charge in [0.2, 0.25) is 0 Å². The van der Waals surface area contributed by atoms with Gasteiger partial charge in [-0.05, 0) is 42.3 Å². The Hall–Kier alpha value is -3.62. The van der Waals surface area contributed by atoms with Crippen LogP contribution < -0.4 is 9.64 Å². The molecule has 0 bridgehead atoms. The highest BCUT2D eigenvalue weighted by Crippen LogP contribution is 2.31. The maximum absolute atomic E-state index is 10.7. The average molecular weight is 479 g/mol. The second-order valence-corrected chi connectivity index (χ2v) is 8.43. The molecule has 1 aliphatic heterocycles. The number of morpholine rings is 1. The monoisotopic (exact) mass is 478 g/mol. The first-order valence-corrected chi connectivity index (χ1v) is 11.4.